The molecule has 22 heteroatoms. The van der Waals surface area contributed by atoms with Crippen LogP contribution < -0.4 is 24.5 Å². The molecule has 4 aromatic rings. The van der Waals surface area contributed by atoms with E-state index >= 15 is 0 Å². The van der Waals surface area contributed by atoms with Gasteiger partial charge in [0.2, 0.25) is 5.69 Å². The van der Waals surface area contributed by atoms with Crippen molar-refractivity contribution in [3.05, 3.63) is 153 Å². The number of allylic oxidation sites excluding steroid dienone is 7. The molecule has 18 nitrogen and oxygen atoms in total. The zero-order valence-electron chi connectivity index (χ0n) is 37.5. The van der Waals surface area contributed by atoms with E-state index in [1.165, 1.54) is 45.9 Å². The molecule has 0 saturated heterocycles. The summed E-state index contributed by atoms with van der Waals surface area (Å²) in [5.74, 6) is -1.25. The van der Waals surface area contributed by atoms with Crippen LogP contribution in [-0.4, -0.2) is 73.5 Å². The molecule has 2 N–H and O–H groups in total. The van der Waals surface area contributed by atoms with Gasteiger partial charge in [-0.15, -0.1) is 0 Å². The molecule has 0 spiro atoms. The second-order valence-corrected chi connectivity index (χ2v) is 17.8. The quantitative estimate of drug-likeness (QED) is 0.0661. The first-order chi connectivity index (χ1) is 31.3. The predicted octanol–water partition coefficient (Wildman–Crippen LogP) is 8.39. The molecule has 1 aliphatic heterocycles. The van der Waals surface area contributed by atoms with E-state index in [-0.39, 0.29) is 76.3 Å². The molecule has 1 unspecified atom stereocenters. The van der Waals surface area contributed by atoms with E-state index in [4.69, 9.17) is 0 Å². The van der Waals surface area contributed by atoms with Gasteiger partial charge in [-0.3, -0.25) is 40.0 Å². The Morgan fingerprint density at radius 3 is 1.72 bits per heavy atom. The molecule has 0 saturated carbocycles. The van der Waals surface area contributed by atoms with E-state index in [0.29, 0.717) is 11.1 Å². The van der Waals surface area contributed by atoms with Crippen molar-refractivity contribution < 1.29 is 51.0 Å². The average Bonchev–Trinajstić information content (AvgIpc) is 3.99. The third-order valence-electron chi connectivity index (χ3n) is 10.7. The fourth-order valence-corrected chi connectivity index (χ4v) is 8.50. The zero-order chi connectivity index (χ0) is 48.5. The number of carbonyl (C=O) groups excluding carboxylic acids is 2. The smallest absolute Gasteiger partial charge is 0.319 e. The molecule has 1 radical (unpaired) electrons. The van der Waals surface area contributed by atoms with Crippen LogP contribution >= 0.6 is 38.6 Å². The van der Waals surface area contributed by atoms with E-state index in [1.54, 1.807) is 13.8 Å². The van der Waals surface area contributed by atoms with Crippen molar-refractivity contribution in [2.45, 2.75) is 60.3 Å². The van der Waals surface area contributed by atoms with E-state index in [2.05, 4.69) is 146 Å². The number of hydrogen-bond acceptors (Lipinski definition) is 15. The van der Waals surface area contributed by atoms with Gasteiger partial charge >= 0.3 is 10.0 Å². The van der Waals surface area contributed by atoms with Gasteiger partial charge in [0.25, 0.3) is 0 Å². The van der Waals surface area contributed by atoms with Crippen molar-refractivity contribution in [2.75, 3.05) is 25.0 Å². The minimum atomic E-state index is -0.578. The number of anilines is 1. The third kappa shape index (κ3) is 12.9. The molecule has 0 bridgehead atoms. The number of aliphatic hydroxyl groups is 2. The summed E-state index contributed by atoms with van der Waals surface area (Å²) in [4.78, 5) is 52.0. The monoisotopic (exact) mass is 1060 g/mol. The number of thiazole rings is 2. The number of aromatic nitrogens is 2. The van der Waals surface area contributed by atoms with E-state index < -0.39 is 9.85 Å². The zero-order valence-corrected chi connectivity index (χ0v) is 41.8. The van der Waals surface area contributed by atoms with Gasteiger partial charge in [-0.25, -0.2) is 0 Å². The van der Waals surface area contributed by atoms with E-state index in [1.807, 2.05) is 0 Å². The average molecular weight is 1060 g/mol. The van der Waals surface area contributed by atoms with Gasteiger partial charge in [0.1, 0.15) is 30.0 Å². The second-order valence-electron chi connectivity index (χ2n) is 14.9. The van der Waals surface area contributed by atoms with Crippen LogP contribution in [0, 0.1) is 27.2 Å². The molecule has 2 aromatic heterocycles. The van der Waals surface area contributed by atoms with Gasteiger partial charge < -0.3 is 35.3 Å². The summed E-state index contributed by atoms with van der Waals surface area (Å²) >= 11 is 5.17. The number of ketones is 2. The predicted molar refractivity (Wildman–Crippen MR) is 260 cm³/mol. The van der Waals surface area contributed by atoms with Crippen molar-refractivity contribution in [1.82, 2.24) is 9.97 Å². The fraction of sp³-hybridized carbons (Fsp3) is 0.267. The van der Waals surface area contributed by atoms with Crippen molar-refractivity contribution in [3.8, 4) is 0 Å². The molecular weight excluding hydrogens is 1010 g/mol. The number of hydrogen-bond donors (Lipinski definition) is 2. The molecule has 353 valence electrons. The van der Waals surface area contributed by atoms with Gasteiger partial charge in [0.05, 0.1) is 15.3 Å². The molecule has 2 aliphatic carbocycles. The molecule has 2 aromatic carbocycles. The van der Waals surface area contributed by atoms with Gasteiger partial charge in [-0.1, -0.05) is 51.6 Å². The van der Waals surface area contributed by atoms with Crippen LogP contribution in [0.4, 0.5) is 21.4 Å². The maximum Gasteiger partial charge on any atom is 0.319 e. The van der Waals surface area contributed by atoms with Crippen LogP contribution in [0.25, 0.3) is 6.08 Å². The molecule has 1 atom stereocenters. The van der Waals surface area contributed by atoms with Gasteiger partial charge in [-0.2, -0.15) is 4.58 Å². The number of aryl methyl sites for hydroxylation is 1. The van der Waals surface area contributed by atoms with Gasteiger partial charge in [0.15, 0.2) is 17.3 Å². The van der Waals surface area contributed by atoms with Crippen molar-refractivity contribution in [1.29, 1.82) is 0 Å². The Morgan fingerprint density at radius 1 is 0.791 bits per heavy atom. The van der Waals surface area contributed by atoms with Crippen LogP contribution in [-0.2, 0) is 31.8 Å². The second kappa shape index (κ2) is 23.3. The van der Waals surface area contributed by atoms with Crippen molar-refractivity contribution in [3.63, 3.8) is 0 Å². The number of nitro groups is 2. The van der Waals surface area contributed by atoms with Crippen molar-refractivity contribution >= 4 is 94.8 Å². The van der Waals surface area contributed by atoms with E-state index in [9.17, 15) is 40.0 Å². The minimum Gasteiger partial charge on any atom is -0.506 e. The Bertz CT molecular complexity index is 2830. The van der Waals surface area contributed by atoms with Crippen LogP contribution in [0.15, 0.2) is 127 Å². The van der Waals surface area contributed by atoms with Crippen LogP contribution in [0.3, 0.4) is 0 Å². The van der Waals surface area contributed by atoms with Gasteiger partial charge in [0, 0.05) is 91.9 Å². The molecular formula is C45H46BrCoN10O8S2-. The Labute approximate surface area is 412 Å². The molecule has 7 rings (SSSR count). The largest absolute Gasteiger partial charge is 0.506 e. The standard InChI is InChI=1S/C25H32BrN2.2C10H8N4O4S.Co/c1-7-25(5)22-17-20(26)12-14-23(22)27(6)24(25)15-11-19-10-13-21(16-18(19)4)28(8-2)9-3;2*1-5-2-6(15)3-7(16)9(5)12-13-10-11-4-8(19-10)14(17)18;/h10-17H,7-9H2,1-6H3;2*2-4H,1H3,(H2,11,13,15,16);/q+1;;;/p-2. The third-order valence-corrected chi connectivity index (χ3v) is 12.8. The SMILES string of the molecule is CC1=CC(=O)C=C(O)C1=NN=c1[n-]cc([N+](=O)[O-])s1.CC1=CC(=O)C=C(O)C1=NN=c1[n-]cc([N+](=O)[O-])s1.CCN(CC)c1ccc(/C=C/C2=[N+](C)c3ccc(Br)cc3C2(C)CC)c(C)c1.[Co]. The Balaban J connectivity index is 0.000000224. The topological polar surface area (TPSA) is 245 Å². The summed E-state index contributed by atoms with van der Waals surface area (Å²) in [5, 5.41) is 54.7. The fourth-order valence-electron chi connectivity index (χ4n) is 7.03. The Kier molecular flexibility index (Phi) is 18.5. The molecule has 0 amide bonds. The van der Waals surface area contributed by atoms with Gasteiger partial charge in [-0.05, 0) is 113 Å². The minimum absolute atomic E-state index is 0. The normalized spacial score (nSPS) is 18.3. The number of benzene rings is 2. The van der Waals surface area contributed by atoms with Crippen LogP contribution in [0.2, 0.25) is 0 Å². The maximum atomic E-state index is 11.1. The Hall–Kier alpha value is -6.46. The summed E-state index contributed by atoms with van der Waals surface area (Å²) < 4.78 is 3.49. The van der Waals surface area contributed by atoms with Crippen LogP contribution in [0.5, 0.6) is 0 Å². The summed E-state index contributed by atoms with van der Waals surface area (Å²) in [6.45, 7) is 16.5. The van der Waals surface area contributed by atoms with Crippen molar-refractivity contribution in [2.24, 2.45) is 20.4 Å². The first kappa shape index (κ1) is 53.2. The molecule has 3 heterocycles. The number of nitrogens with zero attached hydrogens (tertiary/aromatic N) is 10. The van der Waals surface area contributed by atoms with E-state index in [0.717, 1.165) is 71.2 Å². The Morgan fingerprint density at radius 2 is 1.30 bits per heavy atom. The molecule has 3 aliphatic rings. The molecule has 67 heavy (non-hydrogen) atoms. The number of carbonyl (C=O) groups is 2. The number of rotatable bonds is 10. The number of halogens is 1. The number of fused-ring (bicyclic) bond motifs is 1. The first-order valence-corrected chi connectivity index (χ1v) is 22.7. The summed E-state index contributed by atoms with van der Waals surface area (Å²) in [6, 6.07) is 13.4. The summed E-state index contributed by atoms with van der Waals surface area (Å²) in [5.41, 5.74) is 9.19. The number of aliphatic hydroxyl groups excluding tert-OH is 2. The summed E-state index contributed by atoms with van der Waals surface area (Å²) in [7, 11) is 2.18. The first-order valence-electron chi connectivity index (χ1n) is 20.3. The summed E-state index contributed by atoms with van der Waals surface area (Å²) in [6.07, 6.45) is 12.5. The molecule has 0 fully saturated rings. The maximum absolute atomic E-state index is 11.1. The van der Waals surface area contributed by atoms with Crippen LogP contribution in [0.1, 0.15) is 64.7 Å².